The van der Waals surface area contributed by atoms with Crippen molar-refractivity contribution in [3.05, 3.63) is 53.5 Å². The molecule has 6 nitrogen and oxygen atoms in total. The Hall–Kier alpha value is -2.28. The molecule has 1 atom stereocenters. The van der Waals surface area contributed by atoms with Crippen LogP contribution in [0.2, 0.25) is 0 Å². The predicted octanol–water partition coefficient (Wildman–Crippen LogP) is 2.37. The molecule has 0 radical (unpaired) electrons. The summed E-state index contributed by atoms with van der Waals surface area (Å²) in [6.45, 7) is 5.62. The molecule has 0 fully saturated rings. The van der Waals surface area contributed by atoms with E-state index < -0.39 is 22.0 Å². The Morgan fingerprint density at radius 3 is 2.50 bits per heavy atom. The number of hydrogen-bond acceptors (Lipinski definition) is 4. The minimum Gasteiger partial charge on any atom is -0.467 e. The van der Waals surface area contributed by atoms with Crippen LogP contribution in [0.4, 0.5) is 5.69 Å². The second-order valence-corrected chi connectivity index (χ2v) is 7.66. The van der Waals surface area contributed by atoms with E-state index in [9.17, 15) is 13.2 Å². The molecule has 130 valence electrons. The highest BCUT2D eigenvalue weighted by Crippen LogP contribution is 2.23. The van der Waals surface area contributed by atoms with Gasteiger partial charge in [-0.05, 0) is 56.2 Å². The maximum absolute atomic E-state index is 12.4. The predicted molar refractivity (Wildman–Crippen MR) is 93.3 cm³/mol. The Bertz CT molecular complexity index is 813. The lowest BCUT2D eigenvalue weighted by atomic mass is 10.1. The van der Waals surface area contributed by atoms with Gasteiger partial charge in [-0.25, -0.2) is 8.42 Å². The lowest BCUT2D eigenvalue weighted by molar-refractivity contribution is -0.122. The first-order valence-corrected chi connectivity index (χ1v) is 9.41. The van der Waals surface area contributed by atoms with Gasteiger partial charge in [0, 0.05) is 0 Å². The Morgan fingerprint density at radius 1 is 1.25 bits per heavy atom. The number of amides is 1. The number of rotatable bonds is 6. The van der Waals surface area contributed by atoms with Crippen molar-refractivity contribution in [2.45, 2.75) is 33.4 Å². The lowest BCUT2D eigenvalue weighted by Crippen LogP contribution is -2.47. The number of sulfonamides is 1. The van der Waals surface area contributed by atoms with Crippen LogP contribution in [0.25, 0.3) is 0 Å². The molecule has 0 spiro atoms. The number of furan rings is 1. The van der Waals surface area contributed by atoms with E-state index in [1.54, 1.807) is 31.2 Å². The van der Waals surface area contributed by atoms with Crippen LogP contribution in [0.1, 0.15) is 23.8 Å². The molecule has 2 rings (SSSR count). The van der Waals surface area contributed by atoms with E-state index in [1.807, 2.05) is 19.9 Å². The van der Waals surface area contributed by atoms with Gasteiger partial charge in [0.1, 0.15) is 11.8 Å². The standard InChI is InChI=1S/C17H22N2O4S/c1-12-7-8-15(10-13(12)2)19(24(4,21)22)14(3)17(20)18-11-16-6-5-9-23-16/h5-10,14H,11H2,1-4H3,(H,18,20)/t14-/m0/s1. The van der Waals surface area contributed by atoms with Crippen LogP contribution in [0.15, 0.2) is 41.0 Å². The largest absolute Gasteiger partial charge is 0.467 e. The Balaban J connectivity index is 2.23. The van der Waals surface area contributed by atoms with Gasteiger partial charge in [0.05, 0.1) is 24.8 Å². The fourth-order valence-electron chi connectivity index (χ4n) is 2.41. The van der Waals surface area contributed by atoms with Crippen LogP contribution < -0.4 is 9.62 Å². The summed E-state index contributed by atoms with van der Waals surface area (Å²) in [6.07, 6.45) is 2.61. The first-order chi connectivity index (χ1) is 11.2. The van der Waals surface area contributed by atoms with Crippen molar-refractivity contribution in [3.63, 3.8) is 0 Å². The van der Waals surface area contributed by atoms with E-state index in [4.69, 9.17) is 4.42 Å². The van der Waals surface area contributed by atoms with Gasteiger partial charge in [-0.1, -0.05) is 6.07 Å². The highest BCUT2D eigenvalue weighted by Gasteiger charge is 2.29. The third-order valence-electron chi connectivity index (χ3n) is 3.85. The van der Waals surface area contributed by atoms with Crippen LogP contribution in [0.5, 0.6) is 0 Å². The second kappa shape index (κ2) is 7.09. The van der Waals surface area contributed by atoms with E-state index in [0.717, 1.165) is 21.7 Å². The molecule has 7 heteroatoms. The van der Waals surface area contributed by atoms with Crippen LogP contribution >= 0.6 is 0 Å². The summed E-state index contributed by atoms with van der Waals surface area (Å²) < 4.78 is 30.8. The molecule has 2 aromatic rings. The van der Waals surface area contributed by atoms with Gasteiger partial charge in [-0.15, -0.1) is 0 Å². The second-order valence-electron chi connectivity index (χ2n) is 5.80. The molecule has 0 saturated carbocycles. The molecule has 0 aliphatic carbocycles. The fraction of sp³-hybridized carbons (Fsp3) is 0.353. The maximum Gasteiger partial charge on any atom is 0.243 e. The van der Waals surface area contributed by atoms with E-state index in [2.05, 4.69) is 5.32 Å². The van der Waals surface area contributed by atoms with E-state index in [0.29, 0.717) is 11.4 Å². The average molecular weight is 350 g/mol. The summed E-state index contributed by atoms with van der Waals surface area (Å²) in [4.78, 5) is 12.4. The number of anilines is 1. The molecule has 1 aromatic heterocycles. The third kappa shape index (κ3) is 4.17. The van der Waals surface area contributed by atoms with Gasteiger partial charge in [-0.3, -0.25) is 9.10 Å². The van der Waals surface area contributed by atoms with Gasteiger partial charge in [0.2, 0.25) is 15.9 Å². The van der Waals surface area contributed by atoms with Crippen molar-refractivity contribution in [2.75, 3.05) is 10.6 Å². The smallest absolute Gasteiger partial charge is 0.243 e. The zero-order valence-electron chi connectivity index (χ0n) is 14.2. The summed E-state index contributed by atoms with van der Waals surface area (Å²) in [5.41, 5.74) is 2.49. The Labute approximate surface area is 142 Å². The number of aryl methyl sites for hydroxylation is 2. The van der Waals surface area contributed by atoms with E-state index >= 15 is 0 Å². The summed E-state index contributed by atoms with van der Waals surface area (Å²) in [6, 6.07) is 7.91. The monoisotopic (exact) mass is 350 g/mol. The van der Waals surface area contributed by atoms with Crippen LogP contribution in [-0.2, 0) is 21.4 Å². The molecular formula is C17H22N2O4S. The lowest BCUT2D eigenvalue weighted by Gasteiger charge is -2.28. The van der Waals surface area contributed by atoms with Crippen molar-refractivity contribution in [2.24, 2.45) is 0 Å². The first kappa shape index (κ1) is 18.1. The Kier molecular flexibility index (Phi) is 5.33. The SMILES string of the molecule is Cc1ccc(N([C@@H](C)C(=O)NCc2ccco2)S(C)(=O)=O)cc1C. The Morgan fingerprint density at radius 2 is 1.96 bits per heavy atom. The van der Waals surface area contributed by atoms with Crippen molar-refractivity contribution in [3.8, 4) is 0 Å². The molecule has 0 unspecified atom stereocenters. The number of nitrogens with one attached hydrogen (secondary N) is 1. The molecule has 1 N–H and O–H groups in total. The van der Waals surface area contributed by atoms with Crippen molar-refractivity contribution in [1.82, 2.24) is 5.32 Å². The third-order valence-corrected chi connectivity index (χ3v) is 5.09. The van der Waals surface area contributed by atoms with Crippen molar-refractivity contribution in [1.29, 1.82) is 0 Å². The molecule has 1 aromatic carbocycles. The summed E-state index contributed by atoms with van der Waals surface area (Å²) in [7, 11) is -3.61. The molecule has 24 heavy (non-hydrogen) atoms. The minimum atomic E-state index is -3.61. The minimum absolute atomic E-state index is 0.209. The van der Waals surface area contributed by atoms with Gasteiger partial charge < -0.3 is 9.73 Å². The first-order valence-electron chi connectivity index (χ1n) is 7.57. The summed E-state index contributed by atoms with van der Waals surface area (Å²) in [5.74, 6) is 0.211. The van der Waals surface area contributed by atoms with Gasteiger partial charge in [0.25, 0.3) is 0 Å². The molecule has 0 saturated heterocycles. The quantitative estimate of drug-likeness (QED) is 0.867. The fourth-order valence-corrected chi connectivity index (χ4v) is 3.57. The molecule has 0 aliphatic heterocycles. The van der Waals surface area contributed by atoms with Gasteiger partial charge in [0.15, 0.2) is 0 Å². The van der Waals surface area contributed by atoms with Crippen molar-refractivity contribution < 1.29 is 17.6 Å². The molecular weight excluding hydrogens is 328 g/mol. The molecule has 1 heterocycles. The van der Waals surface area contributed by atoms with E-state index in [-0.39, 0.29) is 6.54 Å². The number of carbonyl (C=O) groups is 1. The molecule has 1 amide bonds. The van der Waals surface area contributed by atoms with Gasteiger partial charge >= 0.3 is 0 Å². The molecule has 0 bridgehead atoms. The van der Waals surface area contributed by atoms with E-state index in [1.165, 1.54) is 6.26 Å². The normalized spacial score (nSPS) is 12.7. The summed E-state index contributed by atoms with van der Waals surface area (Å²) >= 11 is 0. The van der Waals surface area contributed by atoms with Crippen LogP contribution in [0, 0.1) is 13.8 Å². The number of hydrogen-bond donors (Lipinski definition) is 1. The van der Waals surface area contributed by atoms with Crippen LogP contribution in [-0.4, -0.2) is 26.6 Å². The zero-order valence-corrected chi connectivity index (χ0v) is 15.1. The maximum atomic E-state index is 12.4. The van der Waals surface area contributed by atoms with Gasteiger partial charge in [-0.2, -0.15) is 0 Å². The highest BCUT2D eigenvalue weighted by molar-refractivity contribution is 7.92. The summed E-state index contributed by atoms with van der Waals surface area (Å²) in [5, 5.41) is 2.69. The molecule has 0 aliphatic rings. The topological polar surface area (TPSA) is 79.6 Å². The van der Waals surface area contributed by atoms with Crippen molar-refractivity contribution >= 4 is 21.6 Å². The number of benzene rings is 1. The number of carbonyl (C=O) groups excluding carboxylic acids is 1. The highest BCUT2D eigenvalue weighted by atomic mass is 32.2. The van der Waals surface area contributed by atoms with Crippen LogP contribution in [0.3, 0.4) is 0 Å². The number of nitrogens with zero attached hydrogens (tertiary/aromatic N) is 1. The zero-order chi connectivity index (χ0) is 17.9. The average Bonchev–Trinajstić information content (AvgIpc) is 3.00.